The van der Waals surface area contributed by atoms with E-state index in [4.69, 9.17) is 4.74 Å². The third-order valence-corrected chi connectivity index (χ3v) is 4.22. The highest BCUT2D eigenvalue weighted by molar-refractivity contribution is 5.99. The summed E-state index contributed by atoms with van der Waals surface area (Å²) in [6.07, 6.45) is -0.294. The predicted molar refractivity (Wildman–Crippen MR) is 75.1 cm³/mol. The molecule has 2 heterocycles. The van der Waals surface area contributed by atoms with Gasteiger partial charge in [0.2, 0.25) is 0 Å². The van der Waals surface area contributed by atoms with Crippen LogP contribution in [0.4, 0.5) is 0 Å². The van der Waals surface area contributed by atoms with Gasteiger partial charge >= 0.3 is 0 Å². The van der Waals surface area contributed by atoms with Crippen molar-refractivity contribution in [1.29, 1.82) is 0 Å². The first-order chi connectivity index (χ1) is 9.77. The number of amides is 1. The smallest absolute Gasteiger partial charge is 0.256 e. The molecule has 2 aromatic carbocycles. The molecule has 3 atom stereocenters. The fourth-order valence-electron chi connectivity index (χ4n) is 3.24. The van der Waals surface area contributed by atoms with Gasteiger partial charge in [-0.15, -0.1) is 0 Å². The molecule has 1 saturated heterocycles. The molecule has 0 bridgehead atoms. The van der Waals surface area contributed by atoms with E-state index < -0.39 is 0 Å². The summed E-state index contributed by atoms with van der Waals surface area (Å²) in [4.78, 5) is 14.4. The van der Waals surface area contributed by atoms with E-state index in [2.05, 4.69) is 19.1 Å². The molecular formula is C17H15NO2. The molecule has 0 N–H and O–H groups in total. The van der Waals surface area contributed by atoms with Gasteiger partial charge in [-0.25, -0.2) is 0 Å². The van der Waals surface area contributed by atoms with Crippen molar-refractivity contribution in [1.82, 2.24) is 4.90 Å². The lowest BCUT2D eigenvalue weighted by Gasteiger charge is -2.20. The van der Waals surface area contributed by atoms with Gasteiger partial charge in [-0.3, -0.25) is 4.79 Å². The highest BCUT2D eigenvalue weighted by Crippen LogP contribution is 2.47. The van der Waals surface area contributed by atoms with Gasteiger partial charge in [-0.2, -0.15) is 0 Å². The molecule has 4 rings (SSSR count). The summed E-state index contributed by atoms with van der Waals surface area (Å²) in [6, 6.07) is 17.9. The Morgan fingerprint density at radius 1 is 1.00 bits per heavy atom. The van der Waals surface area contributed by atoms with Crippen molar-refractivity contribution >= 4 is 5.91 Å². The van der Waals surface area contributed by atoms with Gasteiger partial charge in [0, 0.05) is 11.1 Å². The van der Waals surface area contributed by atoms with Crippen LogP contribution < -0.4 is 0 Å². The fraction of sp³-hybridized carbons (Fsp3) is 0.235. The molecule has 0 aromatic heterocycles. The molecule has 1 amide bonds. The van der Waals surface area contributed by atoms with Gasteiger partial charge < -0.3 is 9.64 Å². The van der Waals surface area contributed by atoms with E-state index in [1.165, 1.54) is 0 Å². The van der Waals surface area contributed by atoms with E-state index >= 15 is 0 Å². The van der Waals surface area contributed by atoms with Crippen LogP contribution >= 0.6 is 0 Å². The molecule has 1 fully saturated rings. The maximum absolute atomic E-state index is 12.5. The van der Waals surface area contributed by atoms with Crippen molar-refractivity contribution in [2.75, 3.05) is 0 Å². The number of nitrogens with zero attached hydrogens (tertiary/aromatic N) is 1. The van der Waals surface area contributed by atoms with E-state index in [1.54, 1.807) is 0 Å². The van der Waals surface area contributed by atoms with Gasteiger partial charge in [-0.05, 0) is 18.6 Å². The summed E-state index contributed by atoms with van der Waals surface area (Å²) < 4.78 is 6.19. The number of hydrogen-bond donors (Lipinski definition) is 0. The first-order valence-corrected chi connectivity index (χ1v) is 6.89. The topological polar surface area (TPSA) is 29.5 Å². The molecule has 0 unspecified atom stereocenters. The summed E-state index contributed by atoms with van der Waals surface area (Å²) >= 11 is 0. The first kappa shape index (κ1) is 11.7. The monoisotopic (exact) mass is 265 g/mol. The van der Waals surface area contributed by atoms with Crippen LogP contribution in [0.15, 0.2) is 54.6 Å². The first-order valence-electron chi connectivity index (χ1n) is 6.89. The maximum Gasteiger partial charge on any atom is 0.256 e. The summed E-state index contributed by atoms with van der Waals surface area (Å²) in [6.45, 7) is 2.06. The molecule has 20 heavy (non-hydrogen) atoms. The normalized spacial score (nSPS) is 27.6. The molecule has 0 spiro atoms. The SMILES string of the molecule is C[C@@H]1[C@H](c2ccccc2)O[C@H]2c3ccccc3C(=O)N12. The van der Waals surface area contributed by atoms with Gasteiger partial charge in [0.1, 0.15) is 6.10 Å². The van der Waals surface area contributed by atoms with Crippen molar-refractivity contribution in [2.24, 2.45) is 0 Å². The quantitative estimate of drug-likeness (QED) is 0.791. The number of carbonyl (C=O) groups excluding carboxylic acids is 1. The second kappa shape index (κ2) is 4.18. The molecule has 0 saturated carbocycles. The Labute approximate surface area is 117 Å². The standard InChI is InChI=1S/C17H15NO2/c1-11-15(12-7-3-2-4-8-12)20-17-14-10-6-5-9-13(14)16(19)18(11)17/h2-11,15,17H,1H3/t11-,15-,17+/m1/s1. The molecular weight excluding hydrogens is 250 g/mol. The number of benzene rings is 2. The summed E-state index contributed by atoms with van der Waals surface area (Å²) in [5, 5.41) is 0. The minimum absolute atomic E-state index is 0.0438. The van der Waals surface area contributed by atoms with Gasteiger partial charge in [0.25, 0.3) is 5.91 Å². The van der Waals surface area contributed by atoms with E-state index in [0.29, 0.717) is 0 Å². The molecule has 2 aliphatic heterocycles. The minimum Gasteiger partial charge on any atom is -0.344 e. The predicted octanol–water partition coefficient (Wildman–Crippen LogP) is 3.30. The van der Waals surface area contributed by atoms with Gasteiger partial charge in [0.15, 0.2) is 6.23 Å². The van der Waals surface area contributed by atoms with Crippen LogP contribution in [-0.2, 0) is 4.74 Å². The number of rotatable bonds is 1. The Hall–Kier alpha value is -2.13. The van der Waals surface area contributed by atoms with Crippen molar-refractivity contribution < 1.29 is 9.53 Å². The largest absolute Gasteiger partial charge is 0.344 e. The minimum atomic E-state index is -0.237. The Kier molecular flexibility index (Phi) is 2.44. The second-order valence-corrected chi connectivity index (χ2v) is 5.36. The van der Waals surface area contributed by atoms with E-state index in [0.717, 1.165) is 16.7 Å². The molecule has 3 nitrogen and oxygen atoms in total. The number of hydrogen-bond acceptors (Lipinski definition) is 2. The van der Waals surface area contributed by atoms with Crippen LogP contribution in [0, 0.1) is 0 Å². The van der Waals surface area contributed by atoms with Crippen LogP contribution in [0.25, 0.3) is 0 Å². The lowest BCUT2D eigenvalue weighted by molar-refractivity contribution is 0.00911. The molecule has 100 valence electrons. The molecule has 0 aliphatic carbocycles. The zero-order chi connectivity index (χ0) is 13.7. The molecule has 0 radical (unpaired) electrons. The Morgan fingerprint density at radius 3 is 2.50 bits per heavy atom. The van der Waals surface area contributed by atoms with Crippen molar-refractivity contribution in [3.63, 3.8) is 0 Å². The third kappa shape index (κ3) is 1.47. The van der Waals surface area contributed by atoms with Crippen molar-refractivity contribution in [3.8, 4) is 0 Å². The average Bonchev–Trinajstić information content (AvgIpc) is 2.98. The highest BCUT2D eigenvalue weighted by atomic mass is 16.5. The third-order valence-electron chi connectivity index (χ3n) is 4.22. The van der Waals surface area contributed by atoms with E-state index in [1.807, 2.05) is 47.4 Å². The highest BCUT2D eigenvalue weighted by Gasteiger charge is 2.49. The second-order valence-electron chi connectivity index (χ2n) is 5.36. The molecule has 3 heteroatoms. The summed E-state index contributed by atoms with van der Waals surface area (Å²) in [5.41, 5.74) is 2.89. The van der Waals surface area contributed by atoms with E-state index in [9.17, 15) is 4.79 Å². The average molecular weight is 265 g/mol. The fourth-order valence-corrected chi connectivity index (χ4v) is 3.24. The summed E-state index contributed by atoms with van der Waals surface area (Å²) in [7, 11) is 0. The van der Waals surface area contributed by atoms with Crippen molar-refractivity contribution in [3.05, 3.63) is 71.3 Å². The van der Waals surface area contributed by atoms with E-state index in [-0.39, 0.29) is 24.3 Å². The van der Waals surface area contributed by atoms with Crippen LogP contribution in [0.2, 0.25) is 0 Å². The number of ether oxygens (including phenoxy) is 1. The number of carbonyl (C=O) groups is 1. The lowest BCUT2D eigenvalue weighted by Crippen LogP contribution is -2.32. The Bertz CT molecular complexity index is 668. The molecule has 2 aromatic rings. The molecule has 2 aliphatic rings. The van der Waals surface area contributed by atoms with Crippen LogP contribution in [-0.4, -0.2) is 16.8 Å². The Balaban J connectivity index is 1.75. The van der Waals surface area contributed by atoms with Gasteiger partial charge in [0.05, 0.1) is 6.04 Å². The van der Waals surface area contributed by atoms with Crippen molar-refractivity contribution in [2.45, 2.75) is 25.3 Å². The Morgan fingerprint density at radius 2 is 1.70 bits per heavy atom. The van der Waals surface area contributed by atoms with Crippen LogP contribution in [0.1, 0.15) is 40.7 Å². The van der Waals surface area contributed by atoms with Crippen LogP contribution in [0.3, 0.4) is 0 Å². The maximum atomic E-state index is 12.5. The number of fused-ring (bicyclic) bond motifs is 3. The zero-order valence-corrected chi connectivity index (χ0v) is 11.2. The lowest BCUT2D eigenvalue weighted by atomic mass is 10.0. The summed E-state index contributed by atoms with van der Waals surface area (Å²) in [5.74, 6) is 0.0801. The van der Waals surface area contributed by atoms with Crippen LogP contribution in [0.5, 0.6) is 0 Å². The zero-order valence-electron chi connectivity index (χ0n) is 11.2. The van der Waals surface area contributed by atoms with Gasteiger partial charge in [-0.1, -0.05) is 48.5 Å².